The lowest BCUT2D eigenvalue weighted by Crippen LogP contribution is -2.21. The van der Waals surface area contributed by atoms with E-state index in [1.54, 1.807) is 23.0 Å². The van der Waals surface area contributed by atoms with Gasteiger partial charge in [0.1, 0.15) is 0 Å². The van der Waals surface area contributed by atoms with Crippen molar-refractivity contribution in [3.63, 3.8) is 0 Å². The first-order chi connectivity index (χ1) is 9.53. The molecule has 1 aromatic heterocycles. The molecule has 0 radical (unpaired) electrons. The van der Waals surface area contributed by atoms with Crippen LogP contribution in [0.1, 0.15) is 6.42 Å². The van der Waals surface area contributed by atoms with Crippen molar-refractivity contribution in [2.24, 2.45) is 0 Å². The summed E-state index contributed by atoms with van der Waals surface area (Å²) in [6.07, 6.45) is 4.14. The van der Waals surface area contributed by atoms with E-state index in [2.05, 4.69) is 10.4 Å². The summed E-state index contributed by atoms with van der Waals surface area (Å²) in [5.41, 5.74) is 1.65. The summed E-state index contributed by atoms with van der Waals surface area (Å²) in [5, 5.41) is 8.07. The van der Waals surface area contributed by atoms with Gasteiger partial charge in [-0.25, -0.2) is 13.1 Å². The Bertz CT molecular complexity index is 713. The smallest absolute Gasteiger partial charge is 0.152 e. The van der Waals surface area contributed by atoms with E-state index >= 15 is 0 Å². The van der Waals surface area contributed by atoms with Crippen LogP contribution in [0.25, 0.3) is 5.69 Å². The van der Waals surface area contributed by atoms with E-state index in [-0.39, 0.29) is 17.5 Å². The molecule has 20 heavy (non-hydrogen) atoms. The fraction of sp³-hybridized carbons (Fsp3) is 0.308. The maximum absolute atomic E-state index is 11.5. The lowest BCUT2D eigenvalue weighted by atomic mass is 10.2. The van der Waals surface area contributed by atoms with E-state index in [1.807, 2.05) is 18.3 Å². The first-order valence-electron chi connectivity index (χ1n) is 6.30. The number of nitrogens with one attached hydrogen (secondary N) is 1. The molecule has 1 fully saturated rings. The highest BCUT2D eigenvalue weighted by atomic mass is 35.5. The molecular weight excluding hydrogens is 298 g/mol. The molecule has 0 amide bonds. The van der Waals surface area contributed by atoms with Gasteiger partial charge >= 0.3 is 0 Å². The van der Waals surface area contributed by atoms with Crippen molar-refractivity contribution in [2.75, 3.05) is 16.8 Å². The highest BCUT2D eigenvalue weighted by Crippen LogP contribution is 2.26. The van der Waals surface area contributed by atoms with Crippen LogP contribution < -0.4 is 5.32 Å². The van der Waals surface area contributed by atoms with Gasteiger partial charge in [-0.15, -0.1) is 0 Å². The molecule has 1 saturated heterocycles. The van der Waals surface area contributed by atoms with E-state index in [9.17, 15) is 8.42 Å². The third kappa shape index (κ3) is 2.81. The van der Waals surface area contributed by atoms with Gasteiger partial charge in [0.25, 0.3) is 0 Å². The number of rotatable bonds is 3. The van der Waals surface area contributed by atoms with Gasteiger partial charge in [0.15, 0.2) is 9.84 Å². The van der Waals surface area contributed by atoms with Gasteiger partial charge in [-0.1, -0.05) is 11.6 Å². The second kappa shape index (κ2) is 5.10. The summed E-state index contributed by atoms with van der Waals surface area (Å²) in [6.45, 7) is 0. The highest BCUT2D eigenvalue weighted by molar-refractivity contribution is 7.91. The summed E-state index contributed by atoms with van der Waals surface area (Å²) < 4.78 is 24.8. The summed E-state index contributed by atoms with van der Waals surface area (Å²) >= 11 is 6.03. The Morgan fingerprint density at radius 2 is 2.25 bits per heavy atom. The SMILES string of the molecule is O=S1(=O)CCC(Nc2cc(Cl)ccc2-n2cccn2)C1. The van der Waals surface area contributed by atoms with E-state index in [0.29, 0.717) is 11.4 Å². The Balaban J connectivity index is 1.91. The number of halogens is 1. The van der Waals surface area contributed by atoms with Crippen molar-refractivity contribution < 1.29 is 8.42 Å². The molecule has 1 aliphatic heterocycles. The number of aromatic nitrogens is 2. The summed E-state index contributed by atoms with van der Waals surface area (Å²) in [4.78, 5) is 0. The molecule has 0 spiro atoms. The van der Waals surface area contributed by atoms with Crippen LogP contribution in [0.4, 0.5) is 5.69 Å². The molecule has 1 N–H and O–H groups in total. The molecular formula is C13H14ClN3O2S. The second-order valence-corrected chi connectivity index (χ2v) is 7.52. The van der Waals surface area contributed by atoms with Gasteiger partial charge in [-0.3, -0.25) is 0 Å². The topological polar surface area (TPSA) is 64.0 Å². The monoisotopic (exact) mass is 311 g/mol. The lowest BCUT2D eigenvalue weighted by molar-refractivity contribution is 0.602. The zero-order chi connectivity index (χ0) is 14.2. The maximum Gasteiger partial charge on any atom is 0.152 e. The normalized spacial score (nSPS) is 20.9. The third-order valence-corrected chi connectivity index (χ3v) is 5.30. The molecule has 3 rings (SSSR count). The van der Waals surface area contributed by atoms with Crippen LogP contribution >= 0.6 is 11.6 Å². The van der Waals surface area contributed by atoms with Crippen molar-refractivity contribution in [1.82, 2.24) is 9.78 Å². The second-order valence-electron chi connectivity index (χ2n) is 4.86. The number of hydrogen-bond acceptors (Lipinski definition) is 4. The van der Waals surface area contributed by atoms with Crippen molar-refractivity contribution in [1.29, 1.82) is 0 Å². The van der Waals surface area contributed by atoms with Gasteiger partial charge in [0.2, 0.25) is 0 Å². The minimum atomic E-state index is -2.91. The number of anilines is 1. The number of sulfone groups is 1. The van der Waals surface area contributed by atoms with Crippen molar-refractivity contribution >= 4 is 27.1 Å². The Hall–Kier alpha value is -1.53. The Morgan fingerprint density at radius 3 is 2.90 bits per heavy atom. The third-order valence-electron chi connectivity index (χ3n) is 3.30. The van der Waals surface area contributed by atoms with Gasteiger partial charge in [0, 0.05) is 23.5 Å². The van der Waals surface area contributed by atoms with Crippen molar-refractivity contribution in [3.8, 4) is 5.69 Å². The Labute approximate surface area is 122 Å². The van der Waals surface area contributed by atoms with E-state index in [4.69, 9.17) is 11.6 Å². The van der Waals surface area contributed by atoms with Crippen LogP contribution in [0.5, 0.6) is 0 Å². The number of benzene rings is 1. The molecule has 1 aromatic carbocycles. The molecule has 1 unspecified atom stereocenters. The van der Waals surface area contributed by atoms with Crippen molar-refractivity contribution in [2.45, 2.75) is 12.5 Å². The first-order valence-corrected chi connectivity index (χ1v) is 8.50. The minimum Gasteiger partial charge on any atom is -0.379 e. The van der Waals surface area contributed by atoms with Crippen LogP contribution in [0.3, 0.4) is 0 Å². The predicted octanol–water partition coefficient (Wildman–Crippen LogP) is 2.12. The molecule has 7 heteroatoms. The van der Waals surface area contributed by atoms with Crippen LogP contribution in [0, 0.1) is 0 Å². The molecule has 1 aliphatic rings. The van der Waals surface area contributed by atoms with Crippen LogP contribution in [0.15, 0.2) is 36.7 Å². The lowest BCUT2D eigenvalue weighted by Gasteiger charge is -2.16. The molecule has 1 atom stereocenters. The van der Waals surface area contributed by atoms with Crippen LogP contribution in [-0.2, 0) is 9.84 Å². The number of hydrogen-bond donors (Lipinski definition) is 1. The summed E-state index contributed by atoms with van der Waals surface area (Å²) in [5.74, 6) is 0.403. The zero-order valence-corrected chi connectivity index (χ0v) is 12.2. The molecule has 0 saturated carbocycles. The quantitative estimate of drug-likeness (QED) is 0.943. The molecule has 106 valence electrons. The number of nitrogens with zero attached hydrogens (tertiary/aromatic N) is 2. The van der Waals surface area contributed by atoms with Gasteiger partial charge in [-0.05, 0) is 30.7 Å². The Kier molecular flexibility index (Phi) is 3.43. The largest absolute Gasteiger partial charge is 0.379 e. The van der Waals surface area contributed by atoms with Crippen molar-refractivity contribution in [3.05, 3.63) is 41.7 Å². The maximum atomic E-state index is 11.5. The van der Waals surface area contributed by atoms with E-state index < -0.39 is 9.84 Å². The molecule has 0 bridgehead atoms. The van der Waals surface area contributed by atoms with Gasteiger partial charge < -0.3 is 5.32 Å². The zero-order valence-electron chi connectivity index (χ0n) is 10.7. The minimum absolute atomic E-state index is 0.0761. The highest BCUT2D eigenvalue weighted by Gasteiger charge is 2.28. The summed E-state index contributed by atoms with van der Waals surface area (Å²) in [7, 11) is -2.91. The predicted molar refractivity (Wildman–Crippen MR) is 79.3 cm³/mol. The molecule has 5 nitrogen and oxygen atoms in total. The standard InChI is InChI=1S/C13H14ClN3O2S/c14-10-2-3-13(17-6-1-5-15-17)12(8-10)16-11-4-7-20(18,19)9-11/h1-3,5-6,8,11,16H,4,7,9H2. The Morgan fingerprint density at radius 1 is 1.40 bits per heavy atom. The summed E-state index contributed by atoms with van der Waals surface area (Å²) in [6, 6.07) is 7.20. The van der Waals surface area contributed by atoms with E-state index in [1.165, 1.54) is 0 Å². The van der Waals surface area contributed by atoms with Crippen LogP contribution in [0.2, 0.25) is 5.02 Å². The fourth-order valence-electron chi connectivity index (χ4n) is 2.36. The average Bonchev–Trinajstić information content (AvgIpc) is 2.99. The molecule has 0 aliphatic carbocycles. The molecule has 2 heterocycles. The average molecular weight is 312 g/mol. The molecule has 2 aromatic rings. The van der Waals surface area contributed by atoms with E-state index in [0.717, 1.165) is 11.4 Å². The van der Waals surface area contributed by atoms with Crippen LogP contribution in [-0.4, -0.2) is 35.7 Å². The fourth-order valence-corrected chi connectivity index (χ4v) is 4.21. The van der Waals surface area contributed by atoms with Gasteiger partial charge in [0.05, 0.1) is 22.9 Å². The van der Waals surface area contributed by atoms with Gasteiger partial charge in [-0.2, -0.15) is 5.10 Å². The first kappa shape index (κ1) is 13.5.